The highest BCUT2D eigenvalue weighted by Crippen LogP contribution is 2.28. The van der Waals surface area contributed by atoms with E-state index in [9.17, 15) is 9.59 Å². The van der Waals surface area contributed by atoms with Gasteiger partial charge in [0.05, 0.1) is 29.3 Å². The summed E-state index contributed by atoms with van der Waals surface area (Å²) in [5.74, 6) is -0.461. The van der Waals surface area contributed by atoms with Crippen molar-refractivity contribution in [2.45, 2.75) is 38.6 Å². The van der Waals surface area contributed by atoms with Gasteiger partial charge in [0.15, 0.2) is 0 Å². The molecule has 5 heteroatoms. The summed E-state index contributed by atoms with van der Waals surface area (Å²) in [6.45, 7) is 1.74. The number of carbonyl (C=O) groups is 1. The fraction of sp³-hybridized carbons (Fsp3) is 0.438. The molecule has 1 aliphatic rings. The maximum absolute atomic E-state index is 12.7. The number of aromatic nitrogens is 2. The van der Waals surface area contributed by atoms with E-state index in [-0.39, 0.29) is 11.6 Å². The normalized spacial score (nSPS) is 15.5. The first-order valence-electron chi connectivity index (χ1n) is 7.22. The summed E-state index contributed by atoms with van der Waals surface area (Å²) in [5.41, 5.74) is 1.48. The van der Waals surface area contributed by atoms with Gasteiger partial charge in [-0.25, -0.2) is 4.79 Å². The Hall–Kier alpha value is -2.17. The predicted molar refractivity (Wildman–Crippen MR) is 79.6 cm³/mol. The average molecular weight is 286 g/mol. The Morgan fingerprint density at radius 2 is 2.10 bits per heavy atom. The van der Waals surface area contributed by atoms with Crippen molar-refractivity contribution in [2.75, 3.05) is 7.11 Å². The van der Waals surface area contributed by atoms with Crippen LogP contribution >= 0.6 is 0 Å². The summed E-state index contributed by atoms with van der Waals surface area (Å²) in [6, 6.07) is 3.73. The molecule has 0 N–H and O–H groups in total. The molecule has 5 nitrogen and oxygen atoms in total. The molecule has 1 saturated carbocycles. The Bertz CT molecular complexity index is 758. The minimum atomic E-state index is -0.461. The molecule has 0 radical (unpaired) electrons. The van der Waals surface area contributed by atoms with Gasteiger partial charge < -0.3 is 9.30 Å². The van der Waals surface area contributed by atoms with Gasteiger partial charge in [-0.05, 0) is 31.9 Å². The summed E-state index contributed by atoms with van der Waals surface area (Å²) in [5, 5.41) is 0.482. The van der Waals surface area contributed by atoms with Crippen LogP contribution in [0.1, 0.15) is 47.8 Å². The molecule has 21 heavy (non-hydrogen) atoms. The lowest BCUT2D eigenvalue weighted by Gasteiger charge is -2.14. The molecule has 0 amide bonds. The van der Waals surface area contributed by atoms with Crippen LogP contribution in [0.3, 0.4) is 0 Å². The zero-order chi connectivity index (χ0) is 15.0. The third-order valence-electron chi connectivity index (χ3n) is 4.22. The number of carbonyl (C=O) groups excluding carboxylic acids is 1. The van der Waals surface area contributed by atoms with E-state index in [0.29, 0.717) is 22.2 Å². The minimum Gasteiger partial charge on any atom is -0.465 e. The molecule has 2 heterocycles. The van der Waals surface area contributed by atoms with E-state index in [4.69, 9.17) is 4.74 Å². The zero-order valence-corrected chi connectivity index (χ0v) is 12.3. The Morgan fingerprint density at radius 1 is 1.38 bits per heavy atom. The van der Waals surface area contributed by atoms with Crippen molar-refractivity contribution in [3.05, 3.63) is 39.9 Å². The molecule has 3 rings (SSSR count). The van der Waals surface area contributed by atoms with E-state index in [2.05, 4.69) is 4.98 Å². The summed E-state index contributed by atoms with van der Waals surface area (Å²) >= 11 is 0. The lowest BCUT2D eigenvalue weighted by molar-refractivity contribution is 0.0599. The molecule has 0 bridgehead atoms. The molecule has 2 aromatic heterocycles. The predicted octanol–water partition coefficient (Wildman–Crippen LogP) is 2.61. The fourth-order valence-corrected chi connectivity index (χ4v) is 3.07. The van der Waals surface area contributed by atoms with Crippen molar-refractivity contribution < 1.29 is 9.53 Å². The van der Waals surface area contributed by atoms with Gasteiger partial charge in [-0.2, -0.15) is 0 Å². The second-order valence-electron chi connectivity index (χ2n) is 5.51. The van der Waals surface area contributed by atoms with E-state index < -0.39 is 5.97 Å². The highest BCUT2D eigenvalue weighted by atomic mass is 16.5. The molecule has 0 unspecified atom stereocenters. The number of esters is 1. The van der Waals surface area contributed by atoms with Crippen LogP contribution < -0.4 is 5.56 Å². The molecule has 0 aliphatic heterocycles. The number of rotatable bonds is 2. The molecule has 0 saturated heterocycles. The Morgan fingerprint density at radius 3 is 2.76 bits per heavy atom. The summed E-state index contributed by atoms with van der Waals surface area (Å²) in [7, 11) is 1.33. The van der Waals surface area contributed by atoms with Crippen LogP contribution in [-0.2, 0) is 4.74 Å². The third kappa shape index (κ3) is 2.33. The first kappa shape index (κ1) is 13.8. The van der Waals surface area contributed by atoms with Crippen molar-refractivity contribution in [2.24, 2.45) is 0 Å². The van der Waals surface area contributed by atoms with Crippen LogP contribution in [0.15, 0.2) is 23.1 Å². The van der Waals surface area contributed by atoms with Crippen LogP contribution in [0.2, 0.25) is 0 Å². The molecule has 0 spiro atoms. The van der Waals surface area contributed by atoms with Crippen molar-refractivity contribution in [3.63, 3.8) is 0 Å². The van der Waals surface area contributed by atoms with Gasteiger partial charge >= 0.3 is 5.97 Å². The van der Waals surface area contributed by atoms with E-state index in [1.54, 1.807) is 17.6 Å². The molecule has 0 aromatic carbocycles. The van der Waals surface area contributed by atoms with E-state index in [1.807, 2.05) is 12.3 Å². The van der Waals surface area contributed by atoms with Crippen molar-refractivity contribution in [1.29, 1.82) is 0 Å². The lowest BCUT2D eigenvalue weighted by atomic mass is 10.1. The smallest absolute Gasteiger partial charge is 0.339 e. The van der Waals surface area contributed by atoms with Crippen molar-refractivity contribution >= 4 is 16.9 Å². The number of methoxy groups -OCH3 is 1. The number of pyridine rings is 2. The van der Waals surface area contributed by atoms with Gasteiger partial charge in [0.1, 0.15) is 0 Å². The van der Waals surface area contributed by atoms with Gasteiger partial charge in [-0.1, -0.05) is 12.8 Å². The number of nitrogens with zero attached hydrogens (tertiary/aromatic N) is 2. The maximum Gasteiger partial charge on any atom is 0.339 e. The molecular weight excluding hydrogens is 268 g/mol. The molecule has 1 aliphatic carbocycles. The Balaban J connectivity index is 2.19. The largest absolute Gasteiger partial charge is 0.465 e. The van der Waals surface area contributed by atoms with Crippen molar-refractivity contribution in [1.82, 2.24) is 9.55 Å². The highest BCUT2D eigenvalue weighted by Gasteiger charge is 2.20. The van der Waals surface area contributed by atoms with Gasteiger partial charge in [-0.15, -0.1) is 0 Å². The summed E-state index contributed by atoms with van der Waals surface area (Å²) in [4.78, 5) is 28.8. The fourth-order valence-electron chi connectivity index (χ4n) is 3.07. The monoisotopic (exact) mass is 286 g/mol. The minimum absolute atomic E-state index is 0.0722. The van der Waals surface area contributed by atoms with Crippen molar-refractivity contribution in [3.8, 4) is 0 Å². The summed E-state index contributed by atoms with van der Waals surface area (Å²) in [6.07, 6.45) is 6.22. The van der Waals surface area contributed by atoms with E-state index in [0.717, 1.165) is 25.7 Å². The maximum atomic E-state index is 12.7. The van der Waals surface area contributed by atoms with Crippen LogP contribution in [0, 0.1) is 6.92 Å². The SMILES string of the molecule is COC(=O)c1cc2c(=O)n(C3CCCC3)ccc2nc1C. The van der Waals surface area contributed by atoms with E-state index in [1.165, 1.54) is 7.11 Å². The average Bonchev–Trinajstić information content (AvgIpc) is 3.00. The van der Waals surface area contributed by atoms with Gasteiger partial charge in [0, 0.05) is 12.2 Å². The first-order chi connectivity index (χ1) is 10.1. The number of hydrogen-bond donors (Lipinski definition) is 0. The van der Waals surface area contributed by atoms with Crippen LogP contribution in [-0.4, -0.2) is 22.6 Å². The second-order valence-corrected chi connectivity index (χ2v) is 5.51. The topological polar surface area (TPSA) is 61.2 Å². The first-order valence-corrected chi connectivity index (χ1v) is 7.22. The van der Waals surface area contributed by atoms with Gasteiger partial charge in [0.2, 0.25) is 0 Å². The van der Waals surface area contributed by atoms with Crippen LogP contribution in [0.25, 0.3) is 10.9 Å². The zero-order valence-electron chi connectivity index (χ0n) is 12.3. The number of aryl methyl sites for hydroxylation is 1. The lowest BCUT2D eigenvalue weighted by Crippen LogP contribution is -2.23. The molecule has 2 aromatic rings. The molecule has 0 atom stereocenters. The van der Waals surface area contributed by atoms with Gasteiger partial charge in [-0.3, -0.25) is 9.78 Å². The van der Waals surface area contributed by atoms with E-state index >= 15 is 0 Å². The summed E-state index contributed by atoms with van der Waals surface area (Å²) < 4.78 is 6.53. The van der Waals surface area contributed by atoms with Crippen LogP contribution in [0.5, 0.6) is 0 Å². The number of ether oxygens (including phenoxy) is 1. The molecular formula is C16H18N2O3. The standard InChI is InChI=1S/C16H18N2O3/c1-10-12(16(20)21-2)9-13-14(17-10)7-8-18(15(13)19)11-5-3-4-6-11/h7-9,11H,3-6H2,1-2H3. The number of hydrogen-bond acceptors (Lipinski definition) is 4. The third-order valence-corrected chi connectivity index (χ3v) is 4.22. The molecule has 110 valence electrons. The van der Waals surface area contributed by atoms with Gasteiger partial charge in [0.25, 0.3) is 5.56 Å². The quantitative estimate of drug-likeness (QED) is 0.796. The number of fused-ring (bicyclic) bond motifs is 1. The Labute approximate surface area is 122 Å². The van der Waals surface area contributed by atoms with Crippen LogP contribution in [0.4, 0.5) is 0 Å². The second kappa shape index (κ2) is 5.31. The Kier molecular flexibility index (Phi) is 3.49. The molecule has 1 fully saturated rings. The highest BCUT2D eigenvalue weighted by molar-refractivity contribution is 5.94.